The van der Waals surface area contributed by atoms with Crippen LogP contribution in [0, 0.1) is 5.82 Å². The Labute approximate surface area is 135 Å². The highest BCUT2D eigenvalue weighted by Gasteiger charge is 2.25. The SMILES string of the molecule is NC1CCN(c2nc3c(cc2F)c(=O)c(C(=O)O)cn3CCF)C1. The van der Waals surface area contributed by atoms with Crippen molar-refractivity contribution in [3.8, 4) is 0 Å². The topological polar surface area (TPSA) is 101 Å². The molecule has 3 N–H and O–H groups in total. The standard InChI is InChI=1S/C15H16F2N4O3/c16-2-4-21-7-10(15(23)24)12(22)9-5-11(17)14(19-13(9)21)20-3-1-8(18)6-20/h5,7-8H,1-4,6,18H2,(H,23,24). The summed E-state index contributed by atoms with van der Waals surface area (Å²) in [6, 6.07) is 0.870. The zero-order valence-corrected chi connectivity index (χ0v) is 12.7. The summed E-state index contributed by atoms with van der Waals surface area (Å²) in [4.78, 5) is 29.2. The van der Waals surface area contributed by atoms with E-state index in [1.54, 1.807) is 4.90 Å². The molecule has 128 valence electrons. The van der Waals surface area contributed by atoms with Gasteiger partial charge in [0.1, 0.15) is 17.9 Å². The Balaban J connectivity index is 2.24. The summed E-state index contributed by atoms with van der Waals surface area (Å²) in [6.45, 7) is -0.0121. The first kappa shape index (κ1) is 16.3. The van der Waals surface area contributed by atoms with E-state index in [0.717, 1.165) is 12.3 Å². The third kappa shape index (κ3) is 2.71. The van der Waals surface area contributed by atoms with Gasteiger partial charge < -0.3 is 20.3 Å². The minimum atomic E-state index is -1.45. The molecule has 1 unspecified atom stereocenters. The molecule has 2 aromatic rings. The van der Waals surface area contributed by atoms with Crippen LogP contribution in [0.5, 0.6) is 0 Å². The van der Waals surface area contributed by atoms with Crippen LogP contribution in [-0.4, -0.2) is 46.4 Å². The van der Waals surface area contributed by atoms with Crippen molar-refractivity contribution in [3.63, 3.8) is 0 Å². The van der Waals surface area contributed by atoms with Crippen LogP contribution >= 0.6 is 0 Å². The predicted molar refractivity (Wildman–Crippen MR) is 83.7 cm³/mol. The summed E-state index contributed by atoms with van der Waals surface area (Å²) in [5.41, 5.74) is 4.48. The molecular weight excluding hydrogens is 322 g/mol. The number of carboxylic acid groups (broad SMARTS) is 1. The maximum Gasteiger partial charge on any atom is 0.341 e. The van der Waals surface area contributed by atoms with Crippen LogP contribution in [0.15, 0.2) is 17.1 Å². The molecule has 1 aliphatic heterocycles. The van der Waals surface area contributed by atoms with Crippen molar-refractivity contribution in [3.05, 3.63) is 33.9 Å². The number of pyridine rings is 2. The monoisotopic (exact) mass is 338 g/mol. The first-order chi connectivity index (χ1) is 11.4. The van der Waals surface area contributed by atoms with E-state index in [4.69, 9.17) is 10.8 Å². The lowest BCUT2D eigenvalue weighted by molar-refractivity contribution is 0.0694. The van der Waals surface area contributed by atoms with E-state index < -0.39 is 29.5 Å². The second-order valence-electron chi connectivity index (χ2n) is 5.72. The molecule has 0 aliphatic carbocycles. The first-order valence-corrected chi connectivity index (χ1v) is 7.46. The highest BCUT2D eigenvalue weighted by molar-refractivity contribution is 5.92. The van der Waals surface area contributed by atoms with Gasteiger partial charge in [0.05, 0.1) is 11.9 Å². The number of alkyl halides is 1. The first-order valence-electron chi connectivity index (χ1n) is 7.46. The summed E-state index contributed by atoms with van der Waals surface area (Å²) in [5, 5.41) is 8.91. The minimum Gasteiger partial charge on any atom is -0.477 e. The minimum absolute atomic E-state index is 0.0329. The Bertz CT molecular complexity index is 868. The van der Waals surface area contributed by atoms with E-state index >= 15 is 0 Å². The fourth-order valence-corrected chi connectivity index (χ4v) is 2.89. The van der Waals surface area contributed by atoms with Crippen LogP contribution in [0.1, 0.15) is 16.8 Å². The zero-order valence-electron chi connectivity index (χ0n) is 12.7. The number of aromatic nitrogens is 2. The second kappa shape index (κ2) is 6.16. The van der Waals surface area contributed by atoms with Gasteiger partial charge in [0.2, 0.25) is 5.43 Å². The molecule has 0 aromatic carbocycles. The molecule has 2 aromatic heterocycles. The van der Waals surface area contributed by atoms with Gasteiger partial charge in [-0.1, -0.05) is 0 Å². The van der Waals surface area contributed by atoms with E-state index in [-0.39, 0.29) is 29.4 Å². The highest BCUT2D eigenvalue weighted by atomic mass is 19.1. The number of aryl methyl sites for hydroxylation is 1. The van der Waals surface area contributed by atoms with Gasteiger partial charge in [0.25, 0.3) is 0 Å². The average Bonchev–Trinajstić information content (AvgIpc) is 2.96. The number of nitrogens with two attached hydrogens (primary N) is 1. The van der Waals surface area contributed by atoms with Crippen molar-refractivity contribution < 1.29 is 18.7 Å². The number of halogens is 2. The molecule has 0 saturated carbocycles. The Morgan fingerprint density at radius 3 is 2.83 bits per heavy atom. The molecular formula is C15H16F2N4O3. The van der Waals surface area contributed by atoms with E-state index in [1.807, 2.05) is 0 Å². The van der Waals surface area contributed by atoms with Crippen molar-refractivity contribution in [1.29, 1.82) is 0 Å². The smallest absolute Gasteiger partial charge is 0.341 e. The fourth-order valence-electron chi connectivity index (χ4n) is 2.89. The van der Waals surface area contributed by atoms with Gasteiger partial charge in [-0.25, -0.2) is 18.6 Å². The molecule has 1 saturated heterocycles. The van der Waals surface area contributed by atoms with Crippen LogP contribution in [-0.2, 0) is 6.54 Å². The Morgan fingerprint density at radius 2 is 2.25 bits per heavy atom. The normalized spacial score (nSPS) is 17.6. The number of hydrogen-bond acceptors (Lipinski definition) is 5. The quantitative estimate of drug-likeness (QED) is 0.853. The number of hydrogen-bond donors (Lipinski definition) is 2. The van der Waals surface area contributed by atoms with Gasteiger partial charge >= 0.3 is 5.97 Å². The van der Waals surface area contributed by atoms with Gasteiger partial charge in [-0.15, -0.1) is 0 Å². The molecule has 0 spiro atoms. The van der Waals surface area contributed by atoms with E-state index in [0.29, 0.717) is 19.5 Å². The molecule has 1 fully saturated rings. The molecule has 0 radical (unpaired) electrons. The van der Waals surface area contributed by atoms with Gasteiger partial charge in [-0.05, 0) is 12.5 Å². The van der Waals surface area contributed by atoms with Gasteiger partial charge in [0, 0.05) is 25.3 Å². The largest absolute Gasteiger partial charge is 0.477 e. The van der Waals surface area contributed by atoms with Crippen molar-refractivity contribution >= 4 is 22.8 Å². The lowest BCUT2D eigenvalue weighted by Crippen LogP contribution is -2.28. The third-order valence-electron chi connectivity index (χ3n) is 4.06. The number of aromatic carboxylic acids is 1. The third-order valence-corrected chi connectivity index (χ3v) is 4.06. The molecule has 24 heavy (non-hydrogen) atoms. The summed E-state index contributed by atoms with van der Waals surface area (Å²) in [6.07, 6.45) is 1.73. The van der Waals surface area contributed by atoms with Crippen LogP contribution in [0.3, 0.4) is 0 Å². The van der Waals surface area contributed by atoms with Crippen molar-refractivity contribution in [2.45, 2.75) is 19.0 Å². The summed E-state index contributed by atoms with van der Waals surface area (Å²) in [5.74, 6) is -2.15. The number of nitrogens with zero attached hydrogens (tertiary/aromatic N) is 3. The number of carboxylic acids is 1. The summed E-state index contributed by atoms with van der Waals surface area (Å²) < 4.78 is 28.4. The van der Waals surface area contributed by atoms with Crippen LogP contribution < -0.4 is 16.1 Å². The van der Waals surface area contributed by atoms with E-state index in [2.05, 4.69) is 4.98 Å². The Morgan fingerprint density at radius 1 is 1.50 bits per heavy atom. The predicted octanol–water partition coefficient (Wildman–Crippen LogP) is 0.741. The van der Waals surface area contributed by atoms with Crippen LogP contribution in [0.2, 0.25) is 0 Å². The Kier molecular flexibility index (Phi) is 4.18. The zero-order chi connectivity index (χ0) is 17.4. The maximum absolute atomic E-state index is 14.4. The number of carbonyl (C=O) groups is 1. The fraction of sp³-hybridized carbons (Fsp3) is 0.400. The van der Waals surface area contributed by atoms with Crippen LogP contribution in [0.4, 0.5) is 14.6 Å². The molecule has 3 rings (SSSR count). The average molecular weight is 338 g/mol. The number of rotatable bonds is 4. The summed E-state index contributed by atoms with van der Waals surface area (Å²) in [7, 11) is 0. The van der Waals surface area contributed by atoms with Gasteiger partial charge in [0.15, 0.2) is 11.6 Å². The van der Waals surface area contributed by atoms with Gasteiger partial charge in [-0.2, -0.15) is 0 Å². The van der Waals surface area contributed by atoms with E-state index in [1.165, 1.54) is 4.57 Å². The van der Waals surface area contributed by atoms with Crippen molar-refractivity contribution in [2.75, 3.05) is 24.7 Å². The summed E-state index contributed by atoms with van der Waals surface area (Å²) >= 11 is 0. The molecule has 1 atom stereocenters. The molecule has 3 heterocycles. The van der Waals surface area contributed by atoms with Crippen LogP contribution in [0.25, 0.3) is 11.0 Å². The number of fused-ring (bicyclic) bond motifs is 1. The Hall–Kier alpha value is -2.55. The second-order valence-corrected chi connectivity index (χ2v) is 5.72. The van der Waals surface area contributed by atoms with Gasteiger partial charge in [-0.3, -0.25) is 4.79 Å². The maximum atomic E-state index is 14.4. The molecule has 0 bridgehead atoms. The lowest BCUT2D eigenvalue weighted by atomic mass is 10.2. The van der Waals surface area contributed by atoms with Crippen molar-refractivity contribution in [2.24, 2.45) is 5.73 Å². The lowest BCUT2D eigenvalue weighted by Gasteiger charge is -2.19. The molecule has 7 nitrogen and oxygen atoms in total. The highest BCUT2D eigenvalue weighted by Crippen LogP contribution is 2.24. The van der Waals surface area contributed by atoms with Crippen molar-refractivity contribution in [1.82, 2.24) is 9.55 Å². The molecule has 9 heteroatoms. The molecule has 1 aliphatic rings. The van der Waals surface area contributed by atoms with E-state index in [9.17, 15) is 18.4 Å². The number of anilines is 1. The molecule has 0 amide bonds.